The van der Waals surface area contributed by atoms with Crippen molar-refractivity contribution in [1.29, 1.82) is 0 Å². The molecule has 138 valence electrons. The van der Waals surface area contributed by atoms with Crippen LogP contribution in [-0.4, -0.2) is 57.2 Å². The van der Waals surface area contributed by atoms with Crippen molar-refractivity contribution in [1.82, 2.24) is 29.1 Å². The first-order valence-electron chi connectivity index (χ1n) is 7.81. The fraction of sp³-hybridized carbons (Fsp3) is 0.429. The van der Waals surface area contributed by atoms with Gasteiger partial charge in [0.2, 0.25) is 10.0 Å². The zero-order valence-electron chi connectivity index (χ0n) is 14.1. The van der Waals surface area contributed by atoms with Crippen molar-refractivity contribution < 1.29 is 17.6 Å². The molecule has 1 atom stereocenters. The van der Waals surface area contributed by atoms with Gasteiger partial charge in [0.05, 0.1) is 17.0 Å². The zero-order chi connectivity index (χ0) is 18.5. The number of tetrazole rings is 1. The largest absolute Gasteiger partial charge is 0.419 e. The van der Waals surface area contributed by atoms with Crippen molar-refractivity contribution in [2.24, 2.45) is 14.1 Å². The SMILES string of the molecule is Cn1nnnc1C1CN(S(=O)(=O)c2ccc3oc(=O)n(C)c3c2)CCO1. The monoisotopic (exact) mass is 380 g/mol. The van der Waals surface area contributed by atoms with E-state index in [1.165, 1.54) is 38.8 Å². The highest BCUT2D eigenvalue weighted by Crippen LogP contribution is 2.26. The summed E-state index contributed by atoms with van der Waals surface area (Å²) in [6.07, 6.45) is -0.555. The number of hydrogen-bond donors (Lipinski definition) is 0. The molecule has 0 bridgehead atoms. The quantitative estimate of drug-likeness (QED) is 0.591. The second-order valence-corrected chi connectivity index (χ2v) is 7.88. The van der Waals surface area contributed by atoms with E-state index in [0.717, 1.165) is 0 Å². The van der Waals surface area contributed by atoms with Crippen LogP contribution in [0.2, 0.25) is 0 Å². The van der Waals surface area contributed by atoms with Crippen LogP contribution in [-0.2, 0) is 28.9 Å². The molecule has 1 aliphatic rings. The molecule has 0 saturated carbocycles. The lowest BCUT2D eigenvalue weighted by atomic mass is 10.3. The molecule has 0 radical (unpaired) electrons. The number of hydrogen-bond acceptors (Lipinski definition) is 8. The summed E-state index contributed by atoms with van der Waals surface area (Å²) in [5.74, 6) is -0.0895. The summed E-state index contributed by atoms with van der Waals surface area (Å²) in [7, 11) is -0.589. The van der Waals surface area contributed by atoms with Gasteiger partial charge in [-0.05, 0) is 28.6 Å². The predicted octanol–water partition coefficient (Wildman–Crippen LogP) is -0.583. The van der Waals surface area contributed by atoms with Crippen molar-refractivity contribution >= 4 is 21.1 Å². The molecule has 12 heteroatoms. The van der Waals surface area contributed by atoms with Gasteiger partial charge < -0.3 is 9.15 Å². The van der Waals surface area contributed by atoms with Gasteiger partial charge in [0.15, 0.2) is 11.4 Å². The van der Waals surface area contributed by atoms with E-state index in [9.17, 15) is 13.2 Å². The van der Waals surface area contributed by atoms with E-state index in [-0.39, 0.29) is 24.6 Å². The Morgan fingerprint density at radius 3 is 2.81 bits per heavy atom. The number of aryl methyl sites for hydroxylation is 2. The summed E-state index contributed by atoms with van der Waals surface area (Å²) in [6, 6.07) is 4.34. The number of ether oxygens (including phenoxy) is 1. The summed E-state index contributed by atoms with van der Waals surface area (Å²) in [6.45, 7) is 0.536. The summed E-state index contributed by atoms with van der Waals surface area (Å²) in [5, 5.41) is 11.2. The Hall–Kier alpha value is -2.57. The van der Waals surface area contributed by atoms with E-state index in [1.54, 1.807) is 7.05 Å². The summed E-state index contributed by atoms with van der Waals surface area (Å²) in [5.41, 5.74) is 0.750. The van der Waals surface area contributed by atoms with Gasteiger partial charge in [0.1, 0.15) is 6.10 Å². The molecule has 1 unspecified atom stereocenters. The molecule has 1 aromatic carbocycles. The zero-order valence-corrected chi connectivity index (χ0v) is 14.9. The van der Waals surface area contributed by atoms with Crippen LogP contribution in [0.4, 0.5) is 0 Å². The second kappa shape index (κ2) is 6.00. The Kier molecular flexibility index (Phi) is 3.89. The fourth-order valence-electron chi connectivity index (χ4n) is 2.93. The maximum absolute atomic E-state index is 13.0. The molecule has 0 N–H and O–H groups in total. The normalized spacial score (nSPS) is 19.2. The lowest BCUT2D eigenvalue weighted by Crippen LogP contribution is -2.42. The van der Waals surface area contributed by atoms with E-state index in [4.69, 9.17) is 9.15 Å². The molecular weight excluding hydrogens is 364 g/mol. The maximum atomic E-state index is 13.0. The topological polar surface area (TPSA) is 125 Å². The van der Waals surface area contributed by atoms with Gasteiger partial charge in [0.25, 0.3) is 0 Å². The van der Waals surface area contributed by atoms with E-state index < -0.39 is 21.9 Å². The molecule has 1 fully saturated rings. The highest BCUT2D eigenvalue weighted by atomic mass is 32.2. The van der Waals surface area contributed by atoms with Crippen LogP contribution in [0, 0.1) is 0 Å². The second-order valence-electron chi connectivity index (χ2n) is 5.94. The molecule has 1 aliphatic heterocycles. The minimum Gasteiger partial charge on any atom is -0.408 e. The van der Waals surface area contributed by atoms with E-state index in [2.05, 4.69) is 15.5 Å². The van der Waals surface area contributed by atoms with Gasteiger partial charge in [-0.25, -0.2) is 17.9 Å². The van der Waals surface area contributed by atoms with E-state index in [1.807, 2.05) is 0 Å². The molecule has 2 aromatic heterocycles. The molecule has 1 saturated heterocycles. The third-order valence-electron chi connectivity index (χ3n) is 4.37. The molecule has 0 amide bonds. The van der Waals surface area contributed by atoms with Gasteiger partial charge in [0, 0.05) is 27.2 Å². The lowest BCUT2D eigenvalue weighted by Gasteiger charge is -2.31. The number of morpholine rings is 1. The van der Waals surface area contributed by atoms with Crippen molar-refractivity contribution in [2.75, 3.05) is 19.7 Å². The molecule has 0 aliphatic carbocycles. The van der Waals surface area contributed by atoms with Crippen LogP contribution in [0.1, 0.15) is 11.9 Å². The van der Waals surface area contributed by atoms with Crippen LogP contribution in [0.25, 0.3) is 11.1 Å². The molecule has 26 heavy (non-hydrogen) atoms. The molecule has 3 aromatic rings. The summed E-state index contributed by atoms with van der Waals surface area (Å²) in [4.78, 5) is 11.7. The van der Waals surface area contributed by atoms with Crippen LogP contribution in [0.3, 0.4) is 0 Å². The number of benzene rings is 1. The summed E-state index contributed by atoms with van der Waals surface area (Å²) >= 11 is 0. The number of fused-ring (bicyclic) bond motifs is 1. The first kappa shape index (κ1) is 16.9. The van der Waals surface area contributed by atoms with Crippen molar-refractivity contribution in [3.8, 4) is 0 Å². The van der Waals surface area contributed by atoms with Gasteiger partial charge in [-0.1, -0.05) is 0 Å². The summed E-state index contributed by atoms with van der Waals surface area (Å²) < 4.78 is 40.8. The Labute approximate surface area is 147 Å². The van der Waals surface area contributed by atoms with Crippen molar-refractivity contribution in [2.45, 2.75) is 11.0 Å². The molecule has 3 heterocycles. The van der Waals surface area contributed by atoms with Crippen LogP contribution in [0.15, 0.2) is 32.3 Å². The highest BCUT2D eigenvalue weighted by molar-refractivity contribution is 7.89. The number of nitrogens with zero attached hydrogens (tertiary/aromatic N) is 6. The van der Waals surface area contributed by atoms with Crippen molar-refractivity contribution in [3.05, 3.63) is 34.6 Å². The molecule has 4 rings (SSSR count). The minimum atomic E-state index is -3.78. The van der Waals surface area contributed by atoms with Crippen LogP contribution < -0.4 is 5.76 Å². The highest BCUT2D eigenvalue weighted by Gasteiger charge is 2.34. The van der Waals surface area contributed by atoms with E-state index in [0.29, 0.717) is 16.9 Å². The maximum Gasteiger partial charge on any atom is 0.419 e. The number of sulfonamides is 1. The number of rotatable bonds is 3. The van der Waals surface area contributed by atoms with Gasteiger partial charge in [-0.15, -0.1) is 5.10 Å². The third-order valence-corrected chi connectivity index (χ3v) is 6.23. The average molecular weight is 380 g/mol. The Balaban J connectivity index is 1.68. The van der Waals surface area contributed by atoms with Gasteiger partial charge >= 0.3 is 5.76 Å². The van der Waals surface area contributed by atoms with Crippen LogP contribution in [0.5, 0.6) is 0 Å². The lowest BCUT2D eigenvalue weighted by molar-refractivity contribution is -0.00951. The van der Waals surface area contributed by atoms with Gasteiger partial charge in [-0.2, -0.15) is 4.31 Å². The molecular formula is C14H16N6O5S. The average Bonchev–Trinajstić information content (AvgIpc) is 3.18. The standard InChI is InChI=1S/C14H16N6O5S/c1-18-10-7-9(3-4-11(10)25-14(18)21)26(22,23)20-5-6-24-12(8-20)13-15-16-17-19(13)2/h3-4,7,12H,5-6,8H2,1-2H3. The number of oxazole rings is 1. The Morgan fingerprint density at radius 1 is 1.27 bits per heavy atom. The fourth-order valence-corrected chi connectivity index (χ4v) is 4.37. The minimum absolute atomic E-state index is 0.0816. The van der Waals surface area contributed by atoms with Crippen molar-refractivity contribution in [3.63, 3.8) is 0 Å². The van der Waals surface area contributed by atoms with Crippen LogP contribution >= 0.6 is 0 Å². The first-order valence-corrected chi connectivity index (χ1v) is 9.25. The van der Waals surface area contributed by atoms with E-state index >= 15 is 0 Å². The third kappa shape index (κ3) is 2.62. The molecule has 0 spiro atoms. The molecule has 11 nitrogen and oxygen atoms in total. The Bertz CT molecular complexity index is 1130. The predicted molar refractivity (Wildman–Crippen MR) is 87.7 cm³/mol. The smallest absolute Gasteiger partial charge is 0.408 e. The first-order chi connectivity index (χ1) is 12.4. The van der Waals surface area contributed by atoms with Gasteiger partial charge in [-0.3, -0.25) is 4.57 Å². The number of aromatic nitrogens is 5. The Morgan fingerprint density at radius 2 is 2.08 bits per heavy atom.